The highest BCUT2D eigenvalue weighted by atomic mass is 79.9. The molecule has 0 bridgehead atoms. The number of para-hydroxylation sites is 2. The van der Waals surface area contributed by atoms with Gasteiger partial charge in [0.05, 0.1) is 17.6 Å². The van der Waals surface area contributed by atoms with Crippen molar-refractivity contribution in [2.24, 2.45) is 0 Å². The van der Waals surface area contributed by atoms with Gasteiger partial charge < -0.3 is 19.7 Å². The number of nitrogens with zero attached hydrogens (tertiary/aromatic N) is 2. The quantitative estimate of drug-likeness (QED) is 0.581. The molecule has 2 amide bonds. The third-order valence-corrected chi connectivity index (χ3v) is 4.90. The number of carbonyl (C=O) groups excluding carboxylic acids is 2. The minimum absolute atomic E-state index is 0.0258. The van der Waals surface area contributed by atoms with Crippen molar-refractivity contribution in [3.05, 3.63) is 71.3 Å². The maximum atomic E-state index is 12.3. The van der Waals surface area contributed by atoms with Gasteiger partial charge >= 0.3 is 0 Å². The summed E-state index contributed by atoms with van der Waals surface area (Å²) in [5.74, 6) is 1.33. The third kappa shape index (κ3) is 4.77. The molecule has 1 aromatic heterocycles. The van der Waals surface area contributed by atoms with E-state index in [0.29, 0.717) is 28.8 Å². The summed E-state index contributed by atoms with van der Waals surface area (Å²) in [4.78, 5) is 30.3. The van der Waals surface area contributed by atoms with Crippen LogP contribution < -0.4 is 19.7 Å². The number of benzene rings is 2. The summed E-state index contributed by atoms with van der Waals surface area (Å²) in [6, 6.07) is 18.1. The number of hydrogen-bond acceptors (Lipinski definition) is 5. The number of fused-ring (bicyclic) bond motifs is 1. The first-order chi connectivity index (χ1) is 14.6. The zero-order valence-electron chi connectivity index (χ0n) is 15.9. The van der Waals surface area contributed by atoms with E-state index in [1.807, 2.05) is 36.4 Å². The topological polar surface area (TPSA) is 80.8 Å². The van der Waals surface area contributed by atoms with E-state index in [2.05, 4.69) is 26.2 Å². The van der Waals surface area contributed by atoms with E-state index in [-0.39, 0.29) is 31.4 Å². The predicted molar refractivity (Wildman–Crippen MR) is 116 cm³/mol. The summed E-state index contributed by atoms with van der Waals surface area (Å²) in [5.41, 5.74) is 1.23. The molecule has 0 spiro atoms. The van der Waals surface area contributed by atoms with Gasteiger partial charge in [-0.1, -0.05) is 34.1 Å². The van der Waals surface area contributed by atoms with Crippen LogP contribution in [0.5, 0.6) is 17.4 Å². The van der Waals surface area contributed by atoms with Gasteiger partial charge in [0.2, 0.25) is 11.8 Å². The molecule has 8 heteroatoms. The number of anilines is 2. The fraction of sp³-hybridized carbons (Fsp3) is 0.136. The summed E-state index contributed by atoms with van der Waals surface area (Å²) < 4.78 is 12.0. The van der Waals surface area contributed by atoms with Gasteiger partial charge in [-0.05, 0) is 36.4 Å². The normalized spacial score (nSPS) is 12.7. The van der Waals surface area contributed by atoms with Crippen molar-refractivity contribution in [1.82, 2.24) is 4.98 Å². The summed E-state index contributed by atoms with van der Waals surface area (Å²) in [6.07, 6.45) is 1.68. The number of carbonyl (C=O) groups is 2. The minimum Gasteiger partial charge on any atom is -0.482 e. The third-order valence-electron chi connectivity index (χ3n) is 4.41. The number of halogens is 1. The number of pyridine rings is 1. The van der Waals surface area contributed by atoms with Crippen molar-refractivity contribution >= 4 is 39.1 Å². The van der Waals surface area contributed by atoms with Crippen LogP contribution in [-0.2, 0) is 9.59 Å². The largest absolute Gasteiger partial charge is 0.482 e. The first kappa shape index (κ1) is 19.9. The predicted octanol–water partition coefficient (Wildman–Crippen LogP) is 4.39. The fourth-order valence-corrected chi connectivity index (χ4v) is 3.38. The Hall–Kier alpha value is -3.39. The van der Waals surface area contributed by atoms with E-state index >= 15 is 0 Å². The molecule has 0 saturated carbocycles. The Morgan fingerprint density at radius 2 is 2.03 bits per heavy atom. The average molecular weight is 468 g/mol. The number of rotatable bonds is 6. The Labute approximate surface area is 181 Å². The van der Waals surface area contributed by atoms with Crippen molar-refractivity contribution in [3.63, 3.8) is 0 Å². The van der Waals surface area contributed by atoms with E-state index in [1.54, 1.807) is 29.2 Å². The van der Waals surface area contributed by atoms with Crippen LogP contribution >= 0.6 is 15.9 Å². The Morgan fingerprint density at radius 3 is 2.83 bits per heavy atom. The highest BCUT2D eigenvalue weighted by Gasteiger charge is 2.25. The molecule has 30 heavy (non-hydrogen) atoms. The van der Waals surface area contributed by atoms with Crippen LogP contribution in [0.3, 0.4) is 0 Å². The Morgan fingerprint density at radius 1 is 1.17 bits per heavy atom. The second kappa shape index (κ2) is 8.96. The summed E-state index contributed by atoms with van der Waals surface area (Å²) in [7, 11) is 0. The first-order valence-corrected chi connectivity index (χ1v) is 10.1. The Bertz CT molecular complexity index is 1070. The van der Waals surface area contributed by atoms with Gasteiger partial charge in [0.25, 0.3) is 5.91 Å². The molecule has 0 unspecified atom stereocenters. The Kier molecular flexibility index (Phi) is 5.94. The highest BCUT2D eigenvalue weighted by Crippen LogP contribution is 2.31. The number of hydrogen-bond donors (Lipinski definition) is 1. The summed E-state index contributed by atoms with van der Waals surface area (Å²) in [5, 5.41) is 2.79. The molecule has 3 aromatic rings. The van der Waals surface area contributed by atoms with Crippen LogP contribution in [0, 0.1) is 0 Å². The van der Waals surface area contributed by atoms with Crippen molar-refractivity contribution in [3.8, 4) is 17.4 Å². The monoisotopic (exact) mass is 467 g/mol. The Balaban J connectivity index is 1.33. The molecule has 0 fully saturated rings. The second-order valence-electron chi connectivity index (χ2n) is 6.54. The van der Waals surface area contributed by atoms with Gasteiger partial charge in [0, 0.05) is 23.5 Å². The van der Waals surface area contributed by atoms with E-state index in [9.17, 15) is 9.59 Å². The molecule has 1 N–H and O–H groups in total. The van der Waals surface area contributed by atoms with Crippen LogP contribution in [0.1, 0.15) is 6.42 Å². The molecule has 0 saturated heterocycles. The molecule has 0 aliphatic carbocycles. The average Bonchev–Trinajstić information content (AvgIpc) is 2.74. The molecule has 2 aromatic carbocycles. The van der Waals surface area contributed by atoms with Crippen molar-refractivity contribution in [2.45, 2.75) is 6.42 Å². The molecular formula is C22H18BrN3O4. The van der Waals surface area contributed by atoms with Gasteiger partial charge in [0.1, 0.15) is 11.5 Å². The molecule has 1 aliphatic rings. The molecule has 1 aliphatic heterocycles. The van der Waals surface area contributed by atoms with E-state index in [0.717, 1.165) is 4.47 Å². The number of amides is 2. The lowest BCUT2D eigenvalue weighted by atomic mass is 10.2. The molecule has 2 heterocycles. The van der Waals surface area contributed by atoms with Gasteiger partial charge in [-0.2, -0.15) is 0 Å². The smallest absolute Gasteiger partial charge is 0.265 e. The number of nitrogens with one attached hydrogen (secondary N) is 1. The zero-order valence-corrected chi connectivity index (χ0v) is 17.5. The lowest BCUT2D eigenvalue weighted by Crippen LogP contribution is -2.40. The second-order valence-corrected chi connectivity index (χ2v) is 7.46. The molecule has 0 radical (unpaired) electrons. The highest BCUT2D eigenvalue weighted by molar-refractivity contribution is 9.10. The summed E-state index contributed by atoms with van der Waals surface area (Å²) in [6.45, 7) is 0.241. The van der Waals surface area contributed by atoms with Crippen LogP contribution in [-0.4, -0.2) is 29.9 Å². The summed E-state index contributed by atoms with van der Waals surface area (Å²) >= 11 is 3.39. The molecule has 152 valence electrons. The maximum absolute atomic E-state index is 12.3. The van der Waals surface area contributed by atoms with Crippen LogP contribution in [0.4, 0.5) is 11.4 Å². The van der Waals surface area contributed by atoms with Crippen molar-refractivity contribution < 1.29 is 19.1 Å². The number of ether oxygens (including phenoxy) is 2. The lowest BCUT2D eigenvalue weighted by molar-refractivity contribution is -0.121. The van der Waals surface area contributed by atoms with E-state index in [1.165, 1.54) is 6.20 Å². The standard InChI is InChI=1S/C22H18BrN3O4/c23-15-4-3-5-17(12-15)30-21-9-8-16(13-24-21)25-20(27)10-11-26-18-6-1-2-7-19(18)29-14-22(26)28/h1-9,12-13H,10-11,14H2,(H,25,27). The van der Waals surface area contributed by atoms with Crippen LogP contribution in [0.2, 0.25) is 0 Å². The molecular weight excluding hydrogens is 450 g/mol. The van der Waals surface area contributed by atoms with Crippen LogP contribution in [0.15, 0.2) is 71.3 Å². The zero-order chi connectivity index (χ0) is 20.9. The van der Waals surface area contributed by atoms with Gasteiger partial charge in [-0.3, -0.25) is 9.59 Å². The van der Waals surface area contributed by atoms with E-state index < -0.39 is 0 Å². The molecule has 7 nitrogen and oxygen atoms in total. The minimum atomic E-state index is -0.214. The van der Waals surface area contributed by atoms with E-state index in [4.69, 9.17) is 9.47 Å². The van der Waals surface area contributed by atoms with Crippen molar-refractivity contribution in [1.29, 1.82) is 0 Å². The van der Waals surface area contributed by atoms with Gasteiger partial charge in [-0.25, -0.2) is 4.98 Å². The SMILES string of the molecule is O=C(CCN1C(=O)COc2ccccc21)Nc1ccc(Oc2cccc(Br)c2)nc1. The lowest BCUT2D eigenvalue weighted by Gasteiger charge is -2.29. The maximum Gasteiger partial charge on any atom is 0.265 e. The van der Waals surface area contributed by atoms with Gasteiger partial charge in [0.15, 0.2) is 6.61 Å². The van der Waals surface area contributed by atoms with Crippen molar-refractivity contribution in [2.75, 3.05) is 23.4 Å². The van der Waals surface area contributed by atoms with Gasteiger partial charge in [-0.15, -0.1) is 0 Å². The molecule has 0 atom stereocenters. The fourth-order valence-electron chi connectivity index (χ4n) is 3.00. The van der Waals surface area contributed by atoms with Crippen LogP contribution in [0.25, 0.3) is 0 Å². The number of aromatic nitrogens is 1. The molecule has 4 rings (SSSR count). The first-order valence-electron chi connectivity index (χ1n) is 9.30.